The molecule has 0 heterocycles. The Labute approximate surface area is 169 Å². The maximum Gasteiger partial charge on any atom is 0.300 e. The van der Waals surface area contributed by atoms with Gasteiger partial charge in [-0.1, -0.05) is 0 Å². The molecule has 0 saturated heterocycles. The van der Waals surface area contributed by atoms with Gasteiger partial charge >= 0.3 is 0 Å². The van der Waals surface area contributed by atoms with Gasteiger partial charge in [-0.05, 0) is 0 Å². The van der Waals surface area contributed by atoms with Crippen molar-refractivity contribution in [3.63, 3.8) is 0 Å². The molecule has 0 aliphatic carbocycles. The predicted molar refractivity (Wildman–Crippen MR) is 106 cm³/mol. The van der Waals surface area contributed by atoms with Gasteiger partial charge in [0.25, 0.3) is 29.8 Å². The molecular weight excluding hydrogens is 400 g/mol. The molecular formula is C14H38N4O11. The first-order chi connectivity index (χ1) is 12.5. The Balaban J connectivity index is -0.0000000294. The van der Waals surface area contributed by atoms with Crippen LogP contribution in [-0.4, -0.2) is 87.0 Å². The number of carbonyl (C=O) groups is 5. The zero-order valence-electron chi connectivity index (χ0n) is 17.4. The van der Waals surface area contributed by atoms with Crippen LogP contribution < -0.4 is 22.9 Å². The Morgan fingerprint density at radius 2 is 0.483 bits per heavy atom. The quantitative estimate of drug-likeness (QED) is 0.214. The fraction of sp³-hybridized carbons (Fsp3) is 0.643. The summed E-state index contributed by atoms with van der Waals surface area (Å²) in [6, 6.07) is 0. The van der Waals surface area contributed by atoms with E-state index in [-0.39, 0.29) is 5.48 Å². The maximum absolute atomic E-state index is 9.00. The lowest BCUT2D eigenvalue weighted by Crippen LogP contribution is -2.11. The van der Waals surface area contributed by atoms with Gasteiger partial charge in [0.05, 0.1) is 0 Å². The highest BCUT2D eigenvalue weighted by molar-refractivity contribution is 5.63. The maximum atomic E-state index is 9.00. The highest BCUT2D eigenvalue weighted by Gasteiger charge is 1.67. The number of rotatable bonds is 2. The van der Waals surface area contributed by atoms with Crippen LogP contribution in [-0.2, 0) is 24.0 Å². The van der Waals surface area contributed by atoms with Crippen LogP contribution in [0.2, 0.25) is 0 Å². The van der Waals surface area contributed by atoms with E-state index < -0.39 is 29.8 Å². The van der Waals surface area contributed by atoms with Gasteiger partial charge in [-0.2, -0.15) is 0 Å². The van der Waals surface area contributed by atoms with Crippen LogP contribution in [0.5, 0.6) is 0 Å². The average Bonchev–Trinajstić information content (AvgIpc) is 2.44. The van der Waals surface area contributed by atoms with Gasteiger partial charge in [-0.15, -0.1) is 0 Å². The van der Waals surface area contributed by atoms with Crippen molar-refractivity contribution in [3.05, 3.63) is 0 Å². The third kappa shape index (κ3) is 18700. The van der Waals surface area contributed by atoms with Crippen molar-refractivity contribution < 1.29 is 55.0 Å². The number of carboxylic acids is 5. The number of hydrogen-bond acceptors (Lipinski definition) is 9. The van der Waals surface area contributed by atoms with Crippen molar-refractivity contribution in [1.82, 2.24) is 0 Å². The van der Waals surface area contributed by atoms with E-state index in [9.17, 15) is 0 Å². The first-order valence-corrected chi connectivity index (χ1v) is 7.27. The molecule has 0 rings (SSSR count). The molecule has 15 nitrogen and oxygen atoms in total. The fourth-order valence-electron chi connectivity index (χ4n) is 0. The molecule has 0 amide bonds. The van der Waals surface area contributed by atoms with Crippen LogP contribution in [0.1, 0.15) is 34.6 Å². The van der Waals surface area contributed by atoms with Gasteiger partial charge in [-0.25, -0.2) is 0 Å². The molecule has 15 heteroatoms. The van der Waals surface area contributed by atoms with Crippen molar-refractivity contribution in [1.29, 1.82) is 0 Å². The molecule has 0 aliphatic rings. The standard InChI is InChI=1S/2C2H8N2.5C2H4O2.H2O/c2*3-1-2-4;5*1-2(3)4;/h2*1-4H2;5*1H3,(H,3,4);1H2. The molecule has 0 spiro atoms. The van der Waals surface area contributed by atoms with Crippen LogP contribution in [0.4, 0.5) is 0 Å². The number of aliphatic carboxylic acids is 5. The predicted octanol–water partition coefficient (Wildman–Crippen LogP) is -2.56. The van der Waals surface area contributed by atoms with Gasteiger partial charge in [0.2, 0.25) is 0 Å². The lowest BCUT2D eigenvalue weighted by Gasteiger charge is -1.72. The van der Waals surface area contributed by atoms with E-state index >= 15 is 0 Å². The van der Waals surface area contributed by atoms with Crippen molar-refractivity contribution in [2.24, 2.45) is 22.9 Å². The van der Waals surface area contributed by atoms with Crippen LogP contribution in [0.3, 0.4) is 0 Å². The Hall–Kier alpha value is -2.85. The first-order valence-electron chi connectivity index (χ1n) is 7.27. The molecule has 0 aromatic rings. The Bertz CT molecular complexity index is 270. The summed E-state index contributed by atoms with van der Waals surface area (Å²) in [7, 11) is 0. The summed E-state index contributed by atoms with van der Waals surface area (Å²) in [6.45, 7) is 7.81. The minimum atomic E-state index is -0.833. The zero-order valence-corrected chi connectivity index (χ0v) is 17.4. The summed E-state index contributed by atoms with van der Waals surface area (Å²) >= 11 is 0. The second-order valence-electron chi connectivity index (χ2n) is 3.75. The van der Waals surface area contributed by atoms with Crippen LogP contribution in [0, 0.1) is 0 Å². The summed E-state index contributed by atoms with van der Waals surface area (Å²) in [5, 5.41) is 37.1. The number of carboxylic acid groups (broad SMARTS) is 5. The molecule has 0 unspecified atom stereocenters. The van der Waals surface area contributed by atoms with Crippen molar-refractivity contribution in [2.75, 3.05) is 26.2 Å². The average molecular weight is 438 g/mol. The SMILES string of the molecule is CC(=O)O.CC(=O)O.CC(=O)O.CC(=O)O.CC(=O)O.NCCN.NCCN.O. The number of hydrogen-bond donors (Lipinski definition) is 9. The Morgan fingerprint density at radius 1 is 0.448 bits per heavy atom. The first kappa shape index (κ1) is 50.2. The summed E-state index contributed by atoms with van der Waals surface area (Å²) in [4.78, 5) is 45.0. The molecule has 0 bridgehead atoms. The summed E-state index contributed by atoms with van der Waals surface area (Å²) in [6.07, 6.45) is 0. The second kappa shape index (κ2) is 56.2. The number of nitrogens with two attached hydrogens (primary N) is 4. The van der Waals surface area contributed by atoms with Crippen molar-refractivity contribution >= 4 is 29.8 Å². The molecule has 0 fully saturated rings. The van der Waals surface area contributed by atoms with Gasteiger partial charge in [0.1, 0.15) is 0 Å². The van der Waals surface area contributed by atoms with E-state index in [4.69, 9.17) is 72.4 Å². The van der Waals surface area contributed by atoms with Gasteiger partial charge in [0.15, 0.2) is 0 Å². The van der Waals surface area contributed by atoms with Crippen LogP contribution >= 0.6 is 0 Å². The minimum Gasteiger partial charge on any atom is -0.481 e. The molecule has 0 saturated carbocycles. The summed E-state index contributed by atoms with van der Waals surface area (Å²) in [5.41, 5.74) is 19.6. The minimum absolute atomic E-state index is 0. The molecule has 0 radical (unpaired) electrons. The monoisotopic (exact) mass is 438 g/mol. The van der Waals surface area contributed by atoms with Gasteiger partial charge in [-0.3, -0.25) is 24.0 Å². The zero-order chi connectivity index (χ0) is 24.7. The fourth-order valence-corrected chi connectivity index (χ4v) is 0. The third-order valence-electron chi connectivity index (χ3n) is 0.333. The smallest absolute Gasteiger partial charge is 0.300 e. The Morgan fingerprint density at radius 3 is 0.483 bits per heavy atom. The van der Waals surface area contributed by atoms with E-state index in [0.29, 0.717) is 26.2 Å². The van der Waals surface area contributed by atoms with Crippen molar-refractivity contribution in [3.8, 4) is 0 Å². The van der Waals surface area contributed by atoms with Gasteiger partial charge < -0.3 is 53.9 Å². The normalized spacial score (nSPS) is 6.38. The molecule has 0 aromatic heterocycles. The van der Waals surface area contributed by atoms with Crippen LogP contribution in [0.15, 0.2) is 0 Å². The van der Waals surface area contributed by atoms with E-state index in [0.717, 1.165) is 34.6 Å². The van der Waals surface area contributed by atoms with Gasteiger partial charge in [0, 0.05) is 60.8 Å². The van der Waals surface area contributed by atoms with E-state index in [1.165, 1.54) is 0 Å². The van der Waals surface area contributed by atoms with Crippen LogP contribution in [0.25, 0.3) is 0 Å². The topological polar surface area (TPSA) is 322 Å². The van der Waals surface area contributed by atoms with Crippen molar-refractivity contribution in [2.45, 2.75) is 34.6 Å². The second-order valence-corrected chi connectivity index (χ2v) is 3.75. The molecule has 180 valence electrons. The molecule has 15 N–H and O–H groups in total. The van der Waals surface area contributed by atoms with E-state index in [2.05, 4.69) is 0 Å². The molecule has 0 atom stereocenters. The lowest BCUT2D eigenvalue weighted by atomic mass is 10.7. The summed E-state index contributed by atoms with van der Waals surface area (Å²) < 4.78 is 0. The molecule has 0 aliphatic heterocycles. The Kier molecular flexibility index (Phi) is 97.4. The van der Waals surface area contributed by atoms with E-state index in [1.54, 1.807) is 0 Å². The highest BCUT2D eigenvalue weighted by Crippen LogP contribution is 1.43. The van der Waals surface area contributed by atoms with E-state index in [1.807, 2.05) is 0 Å². The molecule has 29 heavy (non-hydrogen) atoms. The third-order valence-corrected chi connectivity index (χ3v) is 0.333. The highest BCUT2D eigenvalue weighted by atomic mass is 16.4. The summed E-state index contributed by atoms with van der Waals surface area (Å²) in [5.74, 6) is -4.17. The largest absolute Gasteiger partial charge is 0.481 e. The lowest BCUT2D eigenvalue weighted by molar-refractivity contribution is -0.135. The molecule has 0 aromatic carbocycles.